The largest absolute Gasteiger partial charge is 1.00 e. The summed E-state index contributed by atoms with van der Waals surface area (Å²) >= 11 is 0. The van der Waals surface area contributed by atoms with Gasteiger partial charge in [0, 0.05) is 6.54 Å². The van der Waals surface area contributed by atoms with E-state index in [1.165, 1.54) is 0 Å². The van der Waals surface area contributed by atoms with Crippen molar-refractivity contribution < 1.29 is 113 Å². The Morgan fingerprint density at radius 2 is 1.25 bits per heavy atom. The van der Waals surface area contributed by atoms with Gasteiger partial charge in [0.15, 0.2) is 0 Å². The summed E-state index contributed by atoms with van der Waals surface area (Å²) in [5.74, 6) is 0. The van der Waals surface area contributed by atoms with E-state index in [-0.39, 0.29) is 95.3 Å². The molecule has 0 spiro atoms. The predicted octanol–water partition coefficient (Wildman–Crippen LogP) is -12.9. The average Bonchev–Trinajstić information content (AvgIpc) is 1.61. The van der Waals surface area contributed by atoms with Crippen LogP contribution >= 0.6 is 7.82 Å². The minimum absolute atomic E-state index is 0. The Hall–Kier alpha value is 3.03. The molecule has 0 bridgehead atoms. The molecule has 0 saturated heterocycles. The van der Waals surface area contributed by atoms with E-state index in [1.807, 2.05) is 0 Å². The molecule has 10 heteroatoms. The third-order valence-corrected chi connectivity index (χ3v) is 0.129. The van der Waals surface area contributed by atoms with Crippen molar-refractivity contribution in [2.45, 2.75) is 0 Å². The van der Waals surface area contributed by atoms with Gasteiger partial charge in [0.25, 0.3) is 0 Å². The van der Waals surface area contributed by atoms with Gasteiger partial charge in [0.05, 0.1) is 6.61 Å². The fraction of sp³-hybridized carbons (Fsp3) is 1.00. The van der Waals surface area contributed by atoms with E-state index in [0.717, 1.165) is 0 Å². The molecule has 0 aliphatic rings. The molecule has 58 valence electrons. The van der Waals surface area contributed by atoms with Crippen molar-refractivity contribution in [2.75, 3.05) is 13.2 Å². The summed E-state index contributed by atoms with van der Waals surface area (Å²) < 4.78 is 8.55. The van der Waals surface area contributed by atoms with E-state index in [4.69, 9.17) is 30.1 Å². The monoisotopic (exact) mass is 225 g/mol. The molecule has 0 aromatic carbocycles. The number of aliphatic hydroxyl groups excluding tert-OH is 1. The van der Waals surface area contributed by atoms with Gasteiger partial charge >= 0.3 is 88.7 Å². The van der Waals surface area contributed by atoms with E-state index in [0.29, 0.717) is 6.54 Å². The van der Waals surface area contributed by atoms with Gasteiger partial charge in [-0.15, -0.1) is 0 Å². The van der Waals surface area contributed by atoms with E-state index >= 15 is 0 Å². The Bertz CT molecular complexity index is 88.4. The molecule has 0 fully saturated rings. The second kappa shape index (κ2) is 19.6. The quantitative estimate of drug-likeness (QED) is 0.336. The van der Waals surface area contributed by atoms with Gasteiger partial charge in [-0.25, -0.2) is 0 Å². The van der Waals surface area contributed by atoms with Crippen molar-refractivity contribution >= 4 is 7.82 Å². The summed E-state index contributed by atoms with van der Waals surface area (Å²) in [5.41, 5.74) is 4.78. The molecule has 0 aliphatic carbocycles. The summed E-state index contributed by atoms with van der Waals surface area (Å²) in [7, 11) is -5.39. The molecule has 0 aliphatic heterocycles. The number of nitrogens with two attached hydrogens (primary N) is 1. The number of hydrogen-bond acceptors (Lipinski definition) is 6. The molecule has 0 heterocycles. The van der Waals surface area contributed by atoms with Crippen LogP contribution in [0.3, 0.4) is 0 Å². The Morgan fingerprint density at radius 3 is 1.25 bits per heavy atom. The second-order valence-corrected chi connectivity index (χ2v) is 1.85. The standard InChI is InChI=1S/C2H7NO.3Na.H3O4P/c3-1-2-4;;;;1-5(2,3)4/h4H,1-3H2;;;;(H3,1,2,3,4)/q;3*+1;/p-3. The van der Waals surface area contributed by atoms with Crippen molar-refractivity contribution in [2.24, 2.45) is 5.73 Å². The smallest absolute Gasteiger partial charge is 0.822 e. The molecular weight excluding hydrogens is 218 g/mol. The normalized spacial score (nSPS) is 7.42. The van der Waals surface area contributed by atoms with Gasteiger partial charge in [-0.05, 0) is 0 Å². The Labute approximate surface area is 137 Å². The molecule has 12 heavy (non-hydrogen) atoms. The molecule has 0 unspecified atom stereocenters. The van der Waals surface area contributed by atoms with Crippen molar-refractivity contribution in [1.29, 1.82) is 0 Å². The van der Waals surface area contributed by atoms with Gasteiger partial charge < -0.3 is 30.1 Å². The van der Waals surface area contributed by atoms with E-state index in [9.17, 15) is 0 Å². The molecule has 0 amide bonds. The molecule has 0 radical (unpaired) electrons. The minimum atomic E-state index is -5.39. The zero-order valence-corrected chi connectivity index (χ0v) is 14.4. The molecule has 6 nitrogen and oxygen atoms in total. The van der Waals surface area contributed by atoms with Crippen LogP contribution in [0.1, 0.15) is 0 Å². The zero-order valence-electron chi connectivity index (χ0n) is 7.52. The summed E-state index contributed by atoms with van der Waals surface area (Å²) in [5, 5.41) is 7.75. The SMILES string of the molecule is NCCO.O=P([O-])([O-])[O-].[Na+].[Na+].[Na+]. The number of aliphatic hydroxyl groups is 1. The van der Waals surface area contributed by atoms with Crippen LogP contribution < -0.4 is 109 Å². The minimum Gasteiger partial charge on any atom is -0.822 e. The van der Waals surface area contributed by atoms with Gasteiger partial charge in [-0.3, -0.25) is 0 Å². The first-order valence-corrected chi connectivity index (χ1v) is 3.42. The van der Waals surface area contributed by atoms with E-state index < -0.39 is 7.82 Å². The summed E-state index contributed by atoms with van der Waals surface area (Å²) in [6, 6.07) is 0. The molecule has 0 rings (SSSR count). The van der Waals surface area contributed by atoms with Crippen LogP contribution in [0.4, 0.5) is 0 Å². The van der Waals surface area contributed by atoms with Crippen LogP contribution in [-0.4, -0.2) is 18.3 Å². The fourth-order valence-electron chi connectivity index (χ4n) is 0. The molecule has 3 N–H and O–H groups in total. The van der Waals surface area contributed by atoms with Gasteiger partial charge in [-0.1, -0.05) is 0 Å². The average molecular weight is 225 g/mol. The van der Waals surface area contributed by atoms with Crippen LogP contribution in [0, 0.1) is 0 Å². The van der Waals surface area contributed by atoms with Gasteiger partial charge in [0.2, 0.25) is 0 Å². The predicted molar refractivity (Wildman–Crippen MR) is 23.7 cm³/mol. The first kappa shape index (κ1) is 29.4. The molecule has 0 saturated carbocycles. The summed E-state index contributed by atoms with van der Waals surface area (Å²) in [4.78, 5) is 25.6. The van der Waals surface area contributed by atoms with Crippen LogP contribution in [-0.2, 0) is 4.57 Å². The fourth-order valence-corrected chi connectivity index (χ4v) is 0. The van der Waals surface area contributed by atoms with Crippen molar-refractivity contribution in [3.8, 4) is 0 Å². The van der Waals surface area contributed by atoms with Crippen LogP contribution in [0.25, 0.3) is 0 Å². The van der Waals surface area contributed by atoms with E-state index in [2.05, 4.69) is 0 Å². The first-order valence-electron chi connectivity index (χ1n) is 1.95. The van der Waals surface area contributed by atoms with Crippen LogP contribution in [0.2, 0.25) is 0 Å². The maximum Gasteiger partial charge on any atom is 1.00 e. The third-order valence-electron chi connectivity index (χ3n) is 0.129. The maximum atomic E-state index is 8.55. The second-order valence-electron chi connectivity index (χ2n) is 0.959. The van der Waals surface area contributed by atoms with Gasteiger partial charge in [0.1, 0.15) is 0 Å². The number of hydrogen-bond donors (Lipinski definition) is 2. The summed E-state index contributed by atoms with van der Waals surface area (Å²) in [6.45, 7) is 0.472. The molecular formula is C2H7NNa3O5P. The van der Waals surface area contributed by atoms with Gasteiger partial charge in [-0.2, -0.15) is 7.82 Å². The van der Waals surface area contributed by atoms with Crippen molar-refractivity contribution in [1.82, 2.24) is 0 Å². The Kier molecular flexibility index (Phi) is 48.0. The van der Waals surface area contributed by atoms with Crippen molar-refractivity contribution in [3.05, 3.63) is 0 Å². The third kappa shape index (κ3) is 116. The van der Waals surface area contributed by atoms with Crippen molar-refractivity contribution in [3.63, 3.8) is 0 Å². The molecule has 0 aromatic rings. The Morgan fingerprint density at radius 1 is 1.17 bits per heavy atom. The number of phosphoric acid groups is 1. The zero-order chi connectivity index (χ0) is 7.91. The molecule has 0 atom stereocenters. The molecule has 0 aromatic heterocycles. The van der Waals surface area contributed by atoms with E-state index in [1.54, 1.807) is 0 Å². The maximum absolute atomic E-state index is 8.55. The first-order chi connectivity index (χ1) is 3.91. The van der Waals surface area contributed by atoms with Crippen LogP contribution in [0.5, 0.6) is 0 Å². The Balaban J connectivity index is -0.0000000221. The van der Waals surface area contributed by atoms with Crippen LogP contribution in [0.15, 0.2) is 0 Å². The summed E-state index contributed by atoms with van der Waals surface area (Å²) in [6.07, 6.45) is 0. The number of rotatable bonds is 1. The topological polar surface area (TPSA) is 132 Å².